The number of benzene rings is 2. The topological polar surface area (TPSA) is 54.9 Å². The van der Waals surface area contributed by atoms with Gasteiger partial charge < -0.3 is 5.32 Å². The Kier molecular flexibility index (Phi) is 7.03. The lowest BCUT2D eigenvalue weighted by Crippen LogP contribution is -2.16. The second kappa shape index (κ2) is 9.47. The third-order valence-corrected chi connectivity index (χ3v) is 3.76. The summed E-state index contributed by atoms with van der Waals surface area (Å²) in [5.41, 5.74) is 4.66. The van der Waals surface area contributed by atoms with Crippen molar-refractivity contribution in [3.63, 3.8) is 0 Å². The van der Waals surface area contributed by atoms with E-state index in [0.717, 1.165) is 16.8 Å². The molecular formula is C22H25N3O. The van der Waals surface area contributed by atoms with Gasteiger partial charge in [-0.3, -0.25) is 4.79 Å². The minimum atomic E-state index is -0.0938. The molecule has 0 bridgehead atoms. The highest BCUT2D eigenvalue weighted by atomic mass is 16.1. The van der Waals surface area contributed by atoms with E-state index in [2.05, 4.69) is 15.3 Å². The van der Waals surface area contributed by atoms with Crippen molar-refractivity contribution >= 4 is 11.7 Å². The van der Waals surface area contributed by atoms with Crippen molar-refractivity contribution in [2.24, 2.45) is 0 Å². The van der Waals surface area contributed by atoms with Crippen LogP contribution in [0.25, 0.3) is 11.3 Å². The smallest absolute Gasteiger partial charge is 0.229 e. The Morgan fingerprint density at radius 2 is 1.62 bits per heavy atom. The molecule has 4 heteroatoms. The Labute approximate surface area is 155 Å². The molecule has 2 aromatic carbocycles. The highest BCUT2D eigenvalue weighted by Crippen LogP contribution is 2.18. The third-order valence-electron chi connectivity index (χ3n) is 3.76. The summed E-state index contributed by atoms with van der Waals surface area (Å²) in [6.45, 7) is 7.87. The van der Waals surface area contributed by atoms with Crippen LogP contribution in [0.3, 0.4) is 0 Å². The van der Waals surface area contributed by atoms with Gasteiger partial charge in [-0.2, -0.15) is 0 Å². The van der Waals surface area contributed by atoms with Gasteiger partial charge in [0.1, 0.15) is 0 Å². The minimum absolute atomic E-state index is 0.0938. The zero-order chi connectivity index (χ0) is 18.9. The summed E-state index contributed by atoms with van der Waals surface area (Å²) in [5, 5.41) is 2.84. The average molecular weight is 347 g/mol. The van der Waals surface area contributed by atoms with Crippen LogP contribution in [0.5, 0.6) is 0 Å². The molecule has 0 saturated heterocycles. The van der Waals surface area contributed by atoms with E-state index < -0.39 is 0 Å². The Balaban J connectivity index is 0.00000117. The maximum atomic E-state index is 12.2. The van der Waals surface area contributed by atoms with E-state index >= 15 is 0 Å². The van der Waals surface area contributed by atoms with Crippen molar-refractivity contribution in [3.05, 3.63) is 77.6 Å². The number of anilines is 1. The predicted molar refractivity (Wildman–Crippen MR) is 107 cm³/mol. The van der Waals surface area contributed by atoms with Gasteiger partial charge in [-0.15, -0.1) is 0 Å². The van der Waals surface area contributed by atoms with Crippen LogP contribution in [-0.4, -0.2) is 15.9 Å². The van der Waals surface area contributed by atoms with E-state index in [1.54, 1.807) is 6.20 Å². The van der Waals surface area contributed by atoms with Gasteiger partial charge in [-0.05, 0) is 19.4 Å². The molecule has 0 spiro atoms. The molecular weight excluding hydrogens is 322 g/mol. The van der Waals surface area contributed by atoms with E-state index in [4.69, 9.17) is 0 Å². The molecule has 1 heterocycles. The van der Waals surface area contributed by atoms with E-state index in [1.807, 2.05) is 82.3 Å². The standard InChI is InChI=1S/C20H19N3O.C2H6/c1-14-8-10-16(11-9-14)12-19(24)23-20-15(2)22-18(13-21-20)17-6-4-3-5-7-17;1-2/h3-11,13H,12H2,1-2H3,(H,21,23,24);1-2H3. The number of amides is 1. The maximum absolute atomic E-state index is 12.2. The van der Waals surface area contributed by atoms with Gasteiger partial charge >= 0.3 is 0 Å². The van der Waals surface area contributed by atoms with E-state index in [1.165, 1.54) is 5.56 Å². The molecule has 0 fully saturated rings. The van der Waals surface area contributed by atoms with Crippen LogP contribution < -0.4 is 5.32 Å². The Hall–Kier alpha value is -3.01. The molecule has 0 atom stereocenters. The first-order chi connectivity index (χ1) is 12.6. The molecule has 134 valence electrons. The summed E-state index contributed by atoms with van der Waals surface area (Å²) in [5.74, 6) is 0.413. The van der Waals surface area contributed by atoms with Gasteiger partial charge in [0, 0.05) is 5.56 Å². The normalized spacial score (nSPS) is 9.85. The maximum Gasteiger partial charge on any atom is 0.229 e. The largest absolute Gasteiger partial charge is 0.309 e. The summed E-state index contributed by atoms with van der Waals surface area (Å²) in [6, 6.07) is 17.8. The van der Waals surface area contributed by atoms with Crippen LogP contribution >= 0.6 is 0 Å². The molecule has 0 unspecified atom stereocenters. The van der Waals surface area contributed by atoms with Crippen LogP contribution in [0.4, 0.5) is 5.82 Å². The number of aryl methyl sites for hydroxylation is 2. The molecule has 4 nitrogen and oxygen atoms in total. The molecule has 26 heavy (non-hydrogen) atoms. The fraction of sp³-hybridized carbons (Fsp3) is 0.227. The molecule has 1 amide bonds. The van der Waals surface area contributed by atoms with Crippen LogP contribution in [0.1, 0.15) is 30.7 Å². The number of nitrogens with zero attached hydrogens (tertiary/aromatic N) is 2. The van der Waals surface area contributed by atoms with Crippen molar-refractivity contribution < 1.29 is 4.79 Å². The summed E-state index contributed by atoms with van der Waals surface area (Å²) >= 11 is 0. The molecule has 3 aromatic rings. The number of carbonyl (C=O) groups excluding carboxylic acids is 1. The van der Waals surface area contributed by atoms with Crippen LogP contribution in [0.2, 0.25) is 0 Å². The van der Waals surface area contributed by atoms with Crippen molar-refractivity contribution in [3.8, 4) is 11.3 Å². The molecule has 0 aliphatic heterocycles. The van der Waals surface area contributed by atoms with Crippen molar-refractivity contribution in [1.29, 1.82) is 0 Å². The summed E-state index contributed by atoms with van der Waals surface area (Å²) in [6.07, 6.45) is 2.01. The zero-order valence-electron chi connectivity index (χ0n) is 15.8. The first kappa shape index (κ1) is 19.3. The molecule has 0 aliphatic rings. The Bertz CT molecular complexity index is 843. The van der Waals surface area contributed by atoms with Gasteiger partial charge in [0.25, 0.3) is 0 Å². The van der Waals surface area contributed by atoms with Crippen LogP contribution in [-0.2, 0) is 11.2 Å². The fourth-order valence-corrected chi connectivity index (χ4v) is 2.42. The average Bonchev–Trinajstić information content (AvgIpc) is 2.67. The molecule has 0 radical (unpaired) electrons. The SMILES string of the molecule is CC.Cc1ccc(CC(=O)Nc2ncc(-c3ccccc3)nc2C)cc1. The second-order valence-electron chi connectivity index (χ2n) is 5.77. The van der Waals surface area contributed by atoms with E-state index in [-0.39, 0.29) is 5.91 Å². The summed E-state index contributed by atoms with van der Waals surface area (Å²) in [4.78, 5) is 21.1. The van der Waals surface area contributed by atoms with Crippen molar-refractivity contribution in [2.45, 2.75) is 34.1 Å². The molecule has 1 aromatic heterocycles. The van der Waals surface area contributed by atoms with Crippen molar-refractivity contribution in [1.82, 2.24) is 9.97 Å². The molecule has 3 rings (SSSR count). The van der Waals surface area contributed by atoms with Gasteiger partial charge in [0.2, 0.25) is 5.91 Å². The first-order valence-corrected chi connectivity index (χ1v) is 8.86. The number of nitrogens with one attached hydrogen (secondary N) is 1. The first-order valence-electron chi connectivity index (χ1n) is 8.86. The monoisotopic (exact) mass is 347 g/mol. The van der Waals surface area contributed by atoms with Gasteiger partial charge in [0.05, 0.1) is 24.0 Å². The van der Waals surface area contributed by atoms with Crippen LogP contribution in [0.15, 0.2) is 60.8 Å². The number of rotatable bonds is 4. The second-order valence-corrected chi connectivity index (χ2v) is 5.77. The van der Waals surface area contributed by atoms with Crippen LogP contribution in [0, 0.1) is 13.8 Å². The Morgan fingerprint density at radius 3 is 2.23 bits per heavy atom. The molecule has 0 saturated carbocycles. The zero-order valence-corrected chi connectivity index (χ0v) is 15.8. The summed E-state index contributed by atoms with van der Waals surface area (Å²) < 4.78 is 0. The lowest BCUT2D eigenvalue weighted by Gasteiger charge is -2.09. The molecule has 1 N–H and O–H groups in total. The van der Waals surface area contributed by atoms with Gasteiger partial charge in [0.15, 0.2) is 5.82 Å². The Morgan fingerprint density at radius 1 is 0.962 bits per heavy atom. The number of hydrogen-bond donors (Lipinski definition) is 1. The number of aromatic nitrogens is 2. The van der Waals surface area contributed by atoms with E-state index in [9.17, 15) is 4.79 Å². The number of carbonyl (C=O) groups is 1. The lowest BCUT2D eigenvalue weighted by atomic mass is 10.1. The third kappa shape index (κ3) is 5.24. The van der Waals surface area contributed by atoms with Crippen molar-refractivity contribution in [2.75, 3.05) is 5.32 Å². The van der Waals surface area contributed by atoms with Gasteiger partial charge in [-0.25, -0.2) is 9.97 Å². The predicted octanol–water partition coefficient (Wildman–Crippen LogP) is 4.97. The number of hydrogen-bond acceptors (Lipinski definition) is 3. The fourth-order valence-electron chi connectivity index (χ4n) is 2.42. The molecule has 0 aliphatic carbocycles. The van der Waals surface area contributed by atoms with E-state index in [0.29, 0.717) is 17.9 Å². The highest BCUT2D eigenvalue weighted by molar-refractivity contribution is 5.91. The lowest BCUT2D eigenvalue weighted by molar-refractivity contribution is -0.115. The van der Waals surface area contributed by atoms with Gasteiger partial charge in [-0.1, -0.05) is 74.0 Å². The minimum Gasteiger partial charge on any atom is -0.309 e. The summed E-state index contributed by atoms with van der Waals surface area (Å²) in [7, 11) is 0. The highest BCUT2D eigenvalue weighted by Gasteiger charge is 2.09. The quantitative estimate of drug-likeness (QED) is 0.725.